The maximum atomic E-state index is 10.3. The second-order valence-corrected chi connectivity index (χ2v) is 6.23. The summed E-state index contributed by atoms with van der Waals surface area (Å²) in [6, 6.07) is 8.50. The molecule has 1 aliphatic rings. The average Bonchev–Trinajstić information content (AvgIpc) is 2.76. The van der Waals surface area contributed by atoms with Gasteiger partial charge in [0.15, 0.2) is 5.90 Å². The normalized spacial score (nSPS) is 15.4. The Labute approximate surface area is 171 Å². The Morgan fingerprint density at radius 2 is 1.93 bits per heavy atom. The molecule has 1 aliphatic heterocycles. The van der Waals surface area contributed by atoms with E-state index in [1.165, 1.54) is 23.2 Å². The number of allylic oxidation sites excluding steroid dienone is 4. The predicted octanol–water partition coefficient (Wildman–Crippen LogP) is 3.98. The minimum absolute atomic E-state index is 0. The van der Waals surface area contributed by atoms with Crippen LogP contribution in [-0.4, -0.2) is 36.8 Å². The Hall–Kier alpha value is -2.37. The third-order valence-electron chi connectivity index (χ3n) is 4.02. The number of esters is 1. The monoisotopic (exact) mass is 413 g/mol. The summed E-state index contributed by atoms with van der Waals surface area (Å²) < 4.78 is 4.41. The molecule has 27 heavy (non-hydrogen) atoms. The van der Waals surface area contributed by atoms with Crippen molar-refractivity contribution < 1.29 is 31.7 Å². The van der Waals surface area contributed by atoms with E-state index in [0.29, 0.717) is 0 Å². The minimum Gasteiger partial charge on any atom is -0.496 e. The number of ether oxygens (including phenoxy) is 1. The molecular weight excluding hydrogens is 386 g/mol. The Morgan fingerprint density at radius 3 is 2.44 bits per heavy atom. The number of nitrogens with zero attached hydrogens (tertiary/aromatic N) is 1. The molecule has 0 atom stereocenters. The third kappa shape index (κ3) is 6.70. The molecule has 0 unspecified atom stereocenters. The molecule has 0 saturated carbocycles. The zero-order valence-corrected chi connectivity index (χ0v) is 17.2. The van der Waals surface area contributed by atoms with Gasteiger partial charge in [0.2, 0.25) is 0 Å². The van der Waals surface area contributed by atoms with Gasteiger partial charge in [0.05, 0.1) is 6.61 Å². The number of para-hydroxylation sites is 1. The van der Waals surface area contributed by atoms with Crippen LogP contribution in [0.3, 0.4) is 0 Å². The molecule has 0 aromatic heterocycles. The van der Waals surface area contributed by atoms with Gasteiger partial charge in [-0.2, -0.15) is 0 Å². The van der Waals surface area contributed by atoms with Crippen molar-refractivity contribution in [2.75, 3.05) is 18.6 Å². The fourth-order valence-corrected chi connectivity index (χ4v) is 2.85. The summed E-state index contributed by atoms with van der Waals surface area (Å²) in [5.74, 6) is -1.22. The second-order valence-electron chi connectivity index (χ2n) is 6.23. The van der Waals surface area contributed by atoms with Crippen molar-refractivity contribution in [2.24, 2.45) is 0 Å². The topological polar surface area (TPSA) is 97.5 Å². The smallest absolute Gasteiger partial charge is 0.315 e. The van der Waals surface area contributed by atoms with Gasteiger partial charge in [-0.15, -0.1) is 0 Å². The largest absolute Gasteiger partial charge is 0.496 e. The number of hydrogen-bond donors (Lipinski definition) is 3. The number of aliphatic hydroxyl groups is 1. The van der Waals surface area contributed by atoms with E-state index in [1.807, 2.05) is 6.08 Å². The van der Waals surface area contributed by atoms with Crippen LogP contribution in [0.1, 0.15) is 32.8 Å². The van der Waals surface area contributed by atoms with E-state index >= 15 is 0 Å². The Kier molecular flexibility index (Phi) is 10.4. The first-order valence-corrected chi connectivity index (χ1v) is 8.38. The summed E-state index contributed by atoms with van der Waals surface area (Å²) in [4.78, 5) is 12.6. The van der Waals surface area contributed by atoms with Gasteiger partial charge in [0.1, 0.15) is 6.42 Å². The van der Waals surface area contributed by atoms with Crippen LogP contribution in [0.5, 0.6) is 0 Å². The van der Waals surface area contributed by atoms with Gasteiger partial charge < -0.3 is 20.2 Å². The molecule has 1 heterocycles. The van der Waals surface area contributed by atoms with E-state index in [9.17, 15) is 4.79 Å². The Bertz CT molecular complexity index is 727. The van der Waals surface area contributed by atoms with E-state index < -0.39 is 11.9 Å². The number of hydrogen-bond acceptors (Lipinski definition) is 5. The molecule has 0 aliphatic carbocycles. The number of nitrogens with one attached hydrogen (secondary N) is 2. The fraction of sp³-hybridized carbons (Fsp3) is 0.350. The average molecular weight is 413 g/mol. The minimum atomic E-state index is -0.659. The number of carbonyl (C=O) groups excluding carboxylic acids is 1. The van der Waals surface area contributed by atoms with Gasteiger partial charge in [-0.3, -0.25) is 10.2 Å². The summed E-state index contributed by atoms with van der Waals surface area (Å²) in [7, 11) is 2.09. The van der Waals surface area contributed by atoms with Crippen LogP contribution < -0.4 is 4.90 Å². The molecule has 0 radical (unpaired) electrons. The van der Waals surface area contributed by atoms with Crippen molar-refractivity contribution in [1.29, 1.82) is 10.8 Å². The fourth-order valence-electron chi connectivity index (χ4n) is 2.85. The molecule has 1 aromatic rings. The van der Waals surface area contributed by atoms with Gasteiger partial charge in [0, 0.05) is 47.1 Å². The van der Waals surface area contributed by atoms with Crippen LogP contribution in [0.25, 0.3) is 0 Å². The standard InChI is InChI=1S/C15H18N2.C5H9NO3.Fe/c1-15(2)12-8-4-5-9-13(12)17(3)14(15)10-6-7-11-16;1-2-9-5(8)3-4(6)7;/h4-11,16H,1-3H3;2-3H2,1H3,(H2,6,7);/b7-6+,14-10-,16-11?;;. The van der Waals surface area contributed by atoms with E-state index in [-0.39, 0.29) is 35.5 Å². The summed E-state index contributed by atoms with van der Waals surface area (Å²) in [6.45, 7) is 6.42. The van der Waals surface area contributed by atoms with Crippen LogP contribution in [0.15, 0.2) is 48.2 Å². The number of carbonyl (C=O) groups is 1. The molecular formula is C20H27FeN3O3. The summed E-state index contributed by atoms with van der Waals surface area (Å²) in [6.07, 6.45) is 6.72. The molecule has 3 N–H and O–H groups in total. The molecule has 2 rings (SSSR count). The van der Waals surface area contributed by atoms with E-state index in [0.717, 1.165) is 0 Å². The van der Waals surface area contributed by atoms with Crippen molar-refractivity contribution in [3.8, 4) is 0 Å². The SMILES string of the molecule is CCOC(=O)CC(=N)O.CN1/C(=C\C=C\C=N)C(C)(C)c2ccccc21.[Fe]. The quantitative estimate of drug-likeness (QED) is 0.294. The van der Waals surface area contributed by atoms with Crippen molar-refractivity contribution in [3.63, 3.8) is 0 Å². The van der Waals surface area contributed by atoms with Gasteiger partial charge >= 0.3 is 5.97 Å². The first-order valence-electron chi connectivity index (χ1n) is 8.38. The first kappa shape index (κ1) is 24.6. The predicted molar refractivity (Wildman–Crippen MR) is 105 cm³/mol. The van der Waals surface area contributed by atoms with Crippen LogP contribution in [0.2, 0.25) is 0 Å². The van der Waals surface area contributed by atoms with E-state index in [4.69, 9.17) is 15.9 Å². The third-order valence-corrected chi connectivity index (χ3v) is 4.02. The van der Waals surface area contributed by atoms with E-state index in [1.54, 1.807) is 13.0 Å². The molecule has 0 fully saturated rings. The summed E-state index contributed by atoms with van der Waals surface area (Å²) in [5, 5.41) is 21.7. The number of fused-ring (bicyclic) bond motifs is 1. The zero-order valence-electron chi connectivity index (χ0n) is 16.1. The van der Waals surface area contributed by atoms with Crippen LogP contribution in [0.4, 0.5) is 5.69 Å². The molecule has 1 aromatic carbocycles. The molecule has 6 nitrogen and oxygen atoms in total. The van der Waals surface area contributed by atoms with Crippen LogP contribution in [0, 0.1) is 10.8 Å². The first-order chi connectivity index (χ1) is 12.3. The number of rotatable bonds is 5. The van der Waals surface area contributed by atoms with Crippen LogP contribution >= 0.6 is 0 Å². The number of anilines is 1. The van der Waals surface area contributed by atoms with Gasteiger partial charge in [-0.05, 0) is 30.7 Å². The van der Waals surface area contributed by atoms with Gasteiger partial charge in [0.25, 0.3) is 0 Å². The maximum absolute atomic E-state index is 10.3. The summed E-state index contributed by atoms with van der Waals surface area (Å²) >= 11 is 0. The van der Waals surface area contributed by atoms with Gasteiger partial charge in [-0.1, -0.05) is 38.1 Å². The number of benzene rings is 1. The molecule has 148 valence electrons. The Morgan fingerprint density at radius 1 is 1.30 bits per heavy atom. The Balaban J connectivity index is 0.000000584. The molecule has 0 bridgehead atoms. The van der Waals surface area contributed by atoms with Gasteiger partial charge in [-0.25, -0.2) is 0 Å². The molecule has 0 spiro atoms. The van der Waals surface area contributed by atoms with Crippen LogP contribution in [-0.2, 0) is 32.0 Å². The molecule has 0 saturated heterocycles. The van der Waals surface area contributed by atoms with Crippen molar-refractivity contribution in [2.45, 2.75) is 32.6 Å². The van der Waals surface area contributed by atoms with Crippen molar-refractivity contribution >= 4 is 23.8 Å². The van der Waals surface area contributed by atoms with E-state index in [2.05, 4.69) is 60.9 Å². The van der Waals surface area contributed by atoms with Crippen molar-refractivity contribution in [3.05, 3.63) is 53.8 Å². The second kappa shape index (κ2) is 11.4. The molecule has 7 heteroatoms. The summed E-state index contributed by atoms with van der Waals surface area (Å²) in [5.41, 5.74) is 3.92. The maximum Gasteiger partial charge on any atom is 0.315 e. The zero-order chi connectivity index (χ0) is 19.7. The van der Waals surface area contributed by atoms with Crippen molar-refractivity contribution in [1.82, 2.24) is 0 Å². The molecule has 0 amide bonds. The number of likely N-dealkylation sites (N-methyl/N-ethyl adjacent to an activating group) is 1. The number of aliphatic hydroxyl groups excluding tert-OH is 1.